The maximum Gasteiger partial charge on any atom is 0.255 e. The van der Waals surface area contributed by atoms with Gasteiger partial charge in [0.2, 0.25) is 0 Å². The molecule has 0 aliphatic rings. The lowest BCUT2D eigenvalue weighted by atomic mass is 10.1. The molecule has 6 N–H and O–H groups in total. The molecule has 0 radical (unpaired) electrons. The van der Waals surface area contributed by atoms with Gasteiger partial charge in [0.05, 0.1) is 61.8 Å². The van der Waals surface area contributed by atoms with Gasteiger partial charge in [-0.3, -0.25) is 14.6 Å². The van der Waals surface area contributed by atoms with E-state index in [-0.39, 0.29) is 11.1 Å². The van der Waals surface area contributed by atoms with Gasteiger partial charge < -0.3 is 40.4 Å². The molecule has 1 aromatic rings. The van der Waals surface area contributed by atoms with Crippen LogP contribution in [0.2, 0.25) is 0 Å². The lowest BCUT2D eigenvalue weighted by Gasteiger charge is -2.30. The summed E-state index contributed by atoms with van der Waals surface area (Å²) >= 11 is 0. The minimum atomic E-state index is -1.35. The number of carbonyl (C=O) groups is 2. The molecule has 11 heteroatoms. The number of hydrogen-bond donors (Lipinski definition) is 6. The van der Waals surface area contributed by atoms with Gasteiger partial charge in [0, 0.05) is 26.5 Å². The fourth-order valence-corrected chi connectivity index (χ4v) is 2.63. The molecule has 0 aromatic carbocycles. The van der Waals surface area contributed by atoms with Crippen LogP contribution in [0.25, 0.3) is 0 Å². The van der Waals surface area contributed by atoms with Crippen molar-refractivity contribution in [1.82, 2.24) is 14.8 Å². The predicted molar refractivity (Wildman–Crippen MR) is 96.4 cm³/mol. The van der Waals surface area contributed by atoms with Gasteiger partial charge in [-0.15, -0.1) is 0 Å². The number of aliphatic hydroxyl groups is 6. The summed E-state index contributed by atoms with van der Waals surface area (Å²) in [7, 11) is 2.64. The minimum absolute atomic E-state index is 0.00593. The smallest absolute Gasteiger partial charge is 0.255 e. The molecule has 0 aliphatic heterocycles. The SMILES string of the molecule is CN(C(=O)c1cncc(C(=O)N(C)C(CO)C(O)CO)c1)C(CO)C(O)CO. The van der Waals surface area contributed by atoms with Crippen LogP contribution in [0.3, 0.4) is 0 Å². The van der Waals surface area contributed by atoms with Gasteiger partial charge in [0.1, 0.15) is 0 Å². The van der Waals surface area contributed by atoms with E-state index in [1.807, 2.05) is 0 Å². The Balaban J connectivity index is 3.08. The number of aliphatic hydroxyl groups excluding tert-OH is 6. The Morgan fingerprint density at radius 1 is 0.821 bits per heavy atom. The molecule has 1 aromatic heterocycles. The Bertz CT molecular complexity index is 608. The van der Waals surface area contributed by atoms with Gasteiger partial charge in [0.15, 0.2) is 0 Å². The Kier molecular flexibility index (Phi) is 9.38. The van der Waals surface area contributed by atoms with Crippen molar-refractivity contribution in [2.24, 2.45) is 0 Å². The van der Waals surface area contributed by atoms with E-state index in [2.05, 4.69) is 4.98 Å². The van der Waals surface area contributed by atoms with E-state index in [0.717, 1.165) is 9.80 Å². The van der Waals surface area contributed by atoms with Gasteiger partial charge in [-0.1, -0.05) is 0 Å². The van der Waals surface area contributed by atoms with Crippen LogP contribution in [0.4, 0.5) is 0 Å². The molecule has 1 rings (SSSR count). The molecule has 0 fully saturated rings. The summed E-state index contributed by atoms with van der Waals surface area (Å²) in [6.07, 6.45) is -0.315. The predicted octanol–water partition coefficient (Wildman–Crippen LogP) is -3.35. The summed E-state index contributed by atoms with van der Waals surface area (Å²) in [6.45, 7) is -2.48. The first kappa shape index (κ1) is 23.9. The molecule has 0 spiro atoms. The molecule has 0 saturated carbocycles. The van der Waals surface area contributed by atoms with Crippen LogP contribution in [0.5, 0.6) is 0 Å². The van der Waals surface area contributed by atoms with Crippen LogP contribution in [0.15, 0.2) is 18.5 Å². The third-order valence-electron chi connectivity index (χ3n) is 4.50. The standard InChI is InChI=1S/C17H27N3O8/c1-19(12(6-21)14(25)8-23)16(27)10-3-11(5-18-4-10)17(28)20(2)13(7-22)15(26)9-24/h3-5,12-15,21-26H,6-9H2,1-2H3. The summed E-state index contributed by atoms with van der Waals surface area (Å²) in [5, 5.41) is 56.2. The van der Waals surface area contributed by atoms with Crippen molar-refractivity contribution in [3.63, 3.8) is 0 Å². The first-order valence-electron chi connectivity index (χ1n) is 8.52. The van der Waals surface area contributed by atoms with Crippen molar-refractivity contribution in [2.45, 2.75) is 24.3 Å². The highest BCUT2D eigenvalue weighted by Gasteiger charge is 2.29. The van der Waals surface area contributed by atoms with E-state index < -0.39 is 62.5 Å². The number of hydrogen-bond acceptors (Lipinski definition) is 9. The van der Waals surface area contributed by atoms with E-state index >= 15 is 0 Å². The number of carbonyl (C=O) groups excluding carboxylic acids is 2. The highest BCUT2D eigenvalue weighted by atomic mass is 16.3. The van der Waals surface area contributed by atoms with Crippen molar-refractivity contribution >= 4 is 11.8 Å². The van der Waals surface area contributed by atoms with Crippen molar-refractivity contribution in [1.29, 1.82) is 0 Å². The Morgan fingerprint density at radius 2 is 1.18 bits per heavy atom. The van der Waals surface area contributed by atoms with Crippen molar-refractivity contribution in [2.75, 3.05) is 40.5 Å². The van der Waals surface area contributed by atoms with Crippen LogP contribution in [-0.4, -0.2) is 122 Å². The van der Waals surface area contributed by atoms with Crippen LogP contribution in [0.1, 0.15) is 20.7 Å². The summed E-state index contributed by atoms with van der Waals surface area (Å²) in [5.41, 5.74) is -0.0119. The first-order valence-corrected chi connectivity index (χ1v) is 8.52. The normalized spacial score (nSPS) is 15.4. The topological polar surface area (TPSA) is 175 Å². The molecule has 11 nitrogen and oxygen atoms in total. The minimum Gasteiger partial charge on any atom is -0.394 e. The monoisotopic (exact) mass is 401 g/mol. The summed E-state index contributed by atoms with van der Waals surface area (Å²) < 4.78 is 0. The number of nitrogens with zero attached hydrogens (tertiary/aromatic N) is 3. The van der Waals surface area contributed by atoms with Crippen LogP contribution < -0.4 is 0 Å². The Morgan fingerprint density at radius 3 is 1.46 bits per heavy atom. The summed E-state index contributed by atoms with van der Waals surface area (Å²) in [5.74, 6) is -1.30. The van der Waals surface area contributed by atoms with E-state index in [0.29, 0.717) is 0 Å². The Hall–Kier alpha value is -2.15. The summed E-state index contributed by atoms with van der Waals surface area (Å²) in [6, 6.07) is -0.875. The zero-order valence-corrected chi connectivity index (χ0v) is 15.7. The average Bonchev–Trinajstić information content (AvgIpc) is 2.72. The average molecular weight is 401 g/mol. The van der Waals surface area contributed by atoms with E-state index in [4.69, 9.17) is 10.2 Å². The molecule has 2 amide bonds. The van der Waals surface area contributed by atoms with Crippen LogP contribution >= 0.6 is 0 Å². The third kappa shape index (κ3) is 5.44. The second-order valence-electron chi connectivity index (χ2n) is 6.29. The van der Waals surface area contributed by atoms with E-state index in [1.165, 1.54) is 32.6 Å². The van der Waals surface area contributed by atoms with Crippen molar-refractivity contribution < 1.29 is 40.2 Å². The number of likely N-dealkylation sites (N-methyl/N-ethyl adjacent to an activating group) is 2. The number of pyridine rings is 1. The molecule has 4 unspecified atom stereocenters. The van der Waals surface area contributed by atoms with Crippen LogP contribution in [0, 0.1) is 0 Å². The highest BCUT2D eigenvalue weighted by Crippen LogP contribution is 2.13. The highest BCUT2D eigenvalue weighted by molar-refractivity contribution is 5.99. The second kappa shape index (κ2) is 11.0. The Labute approximate surface area is 162 Å². The molecule has 0 bridgehead atoms. The third-order valence-corrected chi connectivity index (χ3v) is 4.50. The van der Waals surface area contributed by atoms with Crippen LogP contribution in [-0.2, 0) is 0 Å². The molecule has 158 valence electrons. The fourth-order valence-electron chi connectivity index (χ4n) is 2.63. The first-order chi connectivity index (χ1) is 13.2. The zero-order valence-electron chi connectivity index (χ0n) is 15.7. The van der Waals surface area contributed by atoms with E-state index in [9.17, 15) is 30.0 Å². The van der Waals surface area contributed by atoms with Gasteiger partial charge >= 0.3 is 0 Å². The summed E-state index contributed by atoms with van der Waals surface area (Å²) in [4.78, 5) is 31.1. The molecule has 28 heavy (non-hydrogen) atoms. The molecular formula is C17H27N3O8. The molecule has 0 saturated heterocycles. The molecular weight excluding hydrogens is 374 g/mol. The maximum absolute atomic E-state index is 12.6. The second-order valence-corrected chi connectivity index (χ2v) is 6.29. The van der Waals surface area contributed by atoms with Gasteiger partial charge in [-0.25, -0.2) is 0 Å². The van der Waals surface area contributed by atoms with Gasteiger partial charge in [-0.2, -0.15) is 0 Å². The van der Waals surface area contributed by atoms with Crippen molar-refractivity contribution in [3.8, 4) is 0 Å². The molecule has 0 aliphatic carbocycles. The van der Waals surface area contributed by atoms with E-state index in [1.54, 1.807) is 0 Å². The zero-order chi connectivity index (χ0) is 21.4. The maximum atomic E-state index is 12.6. The lowest BCUT2D eigenvalue weighted by molar-refractivity contribution is -0.00102. The number of rotatable bonds is 10. The van der Waals surface area contributed by atoms with Crippen molar-refractivity contribution in [3.05, 3.63) is 29.6 Å². The van der Waals surface area contributed by atoms with Gasteiger partial charge in [-0.05, 0) is 6.07 Å². The quantitative estimate of drug-likeness (QED) is 0.234. The number of amides is 2. The number of aromatic nitrogens is 1. The lowest BCUT2D eigenvalue weighted by Crippen LogP contribution is -2.49. The molecule has 1 heterocycles. The van der Waals surface area contributed by atoms with Gasteiger partial charge in [0.25, 0.3) is 11.8 Å². The largest absolute Gasteiger partial charge is 0.394 e. The molecule has 4 atom stereocenters. The fraction of sp³-hybridized carbons (Fsp3) is 0.588.